The van der Waals surface area contributed by atoms with E-state index in [1.165, 1.54) is 6.07 Å². The third kappa shape index (κ3) is 3.17. The lowest BCUT2D eigenvalue weighted by Crippen LogP contribution is -2.22. The fourth-order valence-corrected chi connectivity index (χ4v) is 3.55. The highest BCUT2D eigenvalue weighted by atomic mass is 16.6. The molecule has 0 spiro atoms. The summed E-state index contributed by atoms with van der Waals surface area (Å²) in [6.07, 6.45) is 1.28. The van der Waals surface area contributed by atoms with Gasteiger partial charge < -0.3 is 4.79 Å². The molecule has 3 aromatic carbocycles. The van der Waals surface area contributed by atoms with Crippen molar-refractivity contribution in [3.05, 3.63) is 88.0 Å². The standard InChI is InChI=1S/C21H17N3O3/c25-12-11-23-21(18-7-3-4-8-20(18)24(26)27)14-19(22-23)17-10-9-15-5-1-2-6-16(15)13-17/h1-10,12-13,21H,11,14H2. The molecule has 6 heteroatoms. The van der Waals surface area contributed by atoms with Gasteiger partial charge in [0.15, 0.2) is 0 Å². The largest absolute Gasteiger partial charge is 0.301 e. The Bertz CT molecular complexity index is 1060. The van der Waals surface area contributed by atoms with Crippen molar-refractivity contribution in [3.63, 3.8) is 0 Å². The van der Waals surface area contributed by atoms with Gasteiger partial charge in [-0.3, -0.25) is 15.1 Å². The van der Waals surface area contributed by atoms with Crippen molar-refractivity contribution in [2.24, 2.45) is 5.10 Å². The molecule has 0 aliphatic carbocycles. The number of carbonyl (C=O) groups is 1. The number of nitro groups is 1. The first kappa shape index (κ1) is 16.9. The second-order valence-corrected chi connectivity index (χ2v) is 6.43. The molecule has 0 saturated carbocycles. The monoisotopic (exact) mass is 359 g/mol. The van der Waals surface area contributed by atoms with E-state index in [-0.39, 0.29) is 23.2 Å². The average molecular weight is 359 g/mol. The zero-order chi connectivity index (χ0) is 18.8. The smallest absolute Gasteiger partial charge is 0.274 e. The van der Waals surface area contributed by atoms with E-state index in [2.05, 4.69) is 11.2 Å². The minimum Gasteiger partial charge on any atom is -0.301 e. The number of hydrazone groups is 1. The third-order valence-electron chi connectivity index (χ3n) is 4.83. The molecule has 134 valence electrons. The number of hydrogen-bond donors (Lipinski definition) is 0. The molecule has 1 atom stereocenters. The van der Waals surface area contributed by atoms with Crippen LogP contribution >= 0.6 is 0 Å². The van der Waals surface area contributed by atoms with Crippen molar-refractivity contribution < 1.29 is 9.72 Å². The fraction of sp³-hybridized carbons (Fsp3) is 0.143. The van der Waals surface area contributed by atoms with Crippen LogP contribution in [-0.2, 0) is 4.79 Å². The summed E-state index contributed by atoms with van der Waals surface area (Å²) in [7, 11) is 0. The van der Waals surface area contributed by atoms with Crippen molar-refractivity contribution in [1.29, 1.82) is 0 Å². The number of nitro benzene ring substituents is 1. The van der Waals surface area contributed by atoms with Gasteiger partial charge >= 0.3 is 0 Å². The minimum absolute atomic E-state index is 0.0494. The minimum atomic E-state index is -0.386. The Morgan fingerprint density at radius 1 is 1.07 bits per heavy atom. The fourth-order valence-electron chi connectivity index (χ4n) is 3.55. The third-order valence-corrected chi connectivity index (χ3v) is 4.83. The Morgan fingerprint density at radius 3 is 2.59 bits per heavy atom. The highest BCUT2D eigenvalue weighted by molar-refractivity contribution is 6.04. The lowest BCUT2D eigenvalue weighted by Gasteiger charge is -2.21. The molecule has 1 aliphatic rings. The molecule has 1 heterocycles. The van der Waals surface area contributed by atoms with Gasteiger partial charge in [-0.15, -0.1) is 0 Å². The number of nitrogens with zero attached hydrogens (tertiary/aromatic N) is 3. The maximum absolute atomic E-state index is 11.4. The molecule has 27 heavy (non-hydrogen) atoms. The number of para-hydroxylation sites is 1. The van der Waals surface area contributed by atoms with Crippen molar-refractivity contribution >= 4 is 28.5 Å². The van der Waals surface area contributed by atoms with Crippen LogP contribution in [0.25, 0.3) is 10.8 Å². The van der Waals surface area contributed by atoms with Gasteiger partial charge in [-0.25, -0.2) is 0 Å². The van der Waals surface area contributed by atoms with Crippen LogP contribution in [0.1, 0.15) is 23.6 Å². The Balaban J connectivity index is 1.73. The molecule has 0 fully saturated rings. The van der Waals surface area contributed by atoms with E-state index >= 15 is 0 Å². The number of benzene rings is 3. The first-order valence-electron chi connectivity index (χ1n) is 8.67. The van der Waals surface area contributed by atoms with Crippen molar-refractivity contribution in [3.8, 4) is 0 Å². The lowest BCUT2D eigenvalue weighted by molar-refractivity contribution is -0.386. The highest BCUT2D eigenvalue weighted by Gasteiger charge is 2.32. The van der Waals surface area contributed by atoms with Gasteiger partial charge in [0.05, 0.1) is 28.8 Å². The summed E-state index contributed by atoms with van der Waals surface area (Å²) < 4.78 is 0. The Morgan fingerprint density at radius 2 is 1.81 bits per heavy atom. The maximum atomic E-state index is 11.4. The van der Waals surface area contributed by atoms with Crippen LogP contribution in [0.5, 0.6) is 0 Å². The normalized spacial score (nSPS) is 16.4. The van der Waals surface area contributed by atoms with Crippen LogP contribution in [0.4, 0.5) is 5.69 Å². The van der Waals surface area contributed by atoms with Gasteiger partial charge in [0.2, 0.25) is 0 Å². The summed E-state index contributed by atoms with van der Waals surface area (Å²) >= 11 is 0. The van der Waals surface area contributed by atoms with Gasteiger partial charge in [-0.2, -0.15) is 5.10 Å². The Labute approximate surface area is 155 Å². The first-order chi connectivity index (χ1) is 13.2. The molecule has 0 bridgehead atoms. The Kier molecular flexibility index (Phi) is 4.38. The molecule has 1 aliphatic heterocycles. The SMILES string of the molecule is O=CCN1N=C(c2ccc3ccccc3c2)CC1c1ccccc1[N+](=O)[O-]. The Hall–Kier alpha value is -3.54. The van der Waals surface area contributed by atoms with Crippen molar-refractivity contribution in [1.82, 2.24) is 5.01 Å². The van der Waals surface area contributed by atoms with Crippen LogP contribution < -0.4 is 0 Å². The molecule has 0 radical (unpaired) electrons. The molecule has 3 aromatic rings. The molecule has 4 rings (SSSR count). The molecule has 0 amide bonds. The van der Waals surface area contributed by atoms with Gasteiger partial charge in [-0.05, 0) is 28.5 Å². The van der Waals surface area contributed by atoms with E-state index in [1.807, 2.05) is 36.4 Å². The predicted molar refractivity (Wildman–Crippen MR) is 104 cm³/mol. The van der Waals surface area contributed by atoms with E-state index in [1.54, 1.807) is 23.2 Å². The van der Waals surface area contributed by atoms with Crippen LogP contribution in [0.15, 0.2) is 71.8 Å². The van der Waals surface area contributed by atoms with Crippen LogP contribution in [0, 0.1) is 10.1 Å². The van der Waals surface area contributed by atoms with Gasteiger partial charge in [0.25, 0.3) is 5.69 Å². The summed E-state index contributed by atoms with van der Waals surface area (Å²) in [6, 6.07) is 20.5. The molecule has 0 N–H and O–H groups in total. The molecule has 0 aromatic heterocycles. The number of rotatable bonds is 5. The molecular formula is C21H17N3O3. The van der Waals surface area contributed by atoms with E-state index in [4.69, 9.17) is 0 Å². The van der Waals surface area contributed by atoms with Crippen molar-refractivity contribution in [2.45, 2.75) is 12.5 Å². The maximum Gasteiger partial charge on any atom is 0.274 e. The zero-order valence-corrected chi connectivity index (χ0v) is 14.5. The van der Waals surface area contributed by atoms with E-state index in [0.29, 0.717) is 12.0 Å². The summed E-state index contributed by atoms with van der Waals surface area (Å²) in [4.78, 5) is 22.2. The summed E-state index contributed by atoms with van der Waals surface area (Å²) in [6.45, 7) is 0.0911. The first-order valence-corrected chi connectivity index (χ1v) is 8.67. The second-order valence-electron chi connectivity index (χ2n) is 6.43. The summed E-state index contributed by atoms with van der Waals surface area (Å²) in [5.74, 6) is 0. The summed E-state index contributed by atoms with van der Waals surface area (Å²) in [5.41, 5.74) is 2.41. The van der Waals surface area contributed by atoms with Crippen molar-refractivity contribution in [2.75, 3.05) is 6.54 Å². The topological polar surface area (TPSA) is 75.8 Å². The van der Waals surface area contributed by atoms with Gasteiger partial charge in [-0.1, -0.05) is 48.5 Å². The molecule has 6 nitrogen and oxygen atoms in total. The van der Waals surface area contributed by atoms with Crippen LogP contribution in [-0.4, -0.2) is 28.5 Å². The zero-order valence-electron chi connectivity index (χ0n) is 14.5. The molecule has 0 saturated heterocycles. The molecule has 1 unspecified atom stereocenters. The lowest BCUT2D eigenvalue weighted by atomic mass is 9.96. The quantitative estimate of drug-likeness (QED) is 0.390. The number of carbonyl (C=O) groups excluding carboxylic acids is 1. The number of hydrogen-bond acceptors (Lipinski definition) is 5. The predicted octanol–water partition coefficient (Wildman–Crippen LogP) is 4.10. The summed E-state index contributed by atoms with van der Waals surface area (Å²) in [5, 5.41) is 19.9. The highest BCUT2D eigenvalue weighted by Crippen LogP contribution is 2.37. The van der Waals surface area contributed by atoms with Gasteiger partial charge in [0, 0.05) is 12.5 Å². The van der Waals surface area contributed by atoms with E-state index in [0.717, 1.165) is 28.3 Å². The molecular weight excluding hydrogens is 342 g/mol. The van der Waals surface area contributed by atoms with E-state index in [9.17, 15) is 14.9 Å². The van der Waals surface area contributed by atoms with E-state index < -0.39 is 0 Å². The number of fused-ring (bicyclic) bond motifs is 1. The van der Waals surface area contributed by atoms with Gasteiger partial charge in [0.1, 0.15) is 6.29 Å². The average Bonchev–Trinajstić information content (AvgIpc) is 3.11. The number of aldehydes is 1. The van der Waals surface area contributed by atoms with Crippen LogP contribution in [0.2, 0.25) is 0 Å². The second kappa shape index (κ2) is 6.99. The van der Waals surface area contributed by atoms with Crippen LogP contribution in [0.3, 0.4) is 0 Å².